The fourth-order valence-electron chi connectivity index (χ4n) is 2.41. The molecule has 2 aromatic carbocycles. The van der Waals surface area contributed by atoms with Gasteiger partial charge in [-0.2, -0.15) is 0 Å². The molecule has 2 amide bonds. The molecule has 1 aliphatic heterocycles. The number of hydrogen-bond acceptors (Lipinski definition) is 4. The summed E-state index contributed by atoms with van der Waals surface area (Å²) in [6, 6.07) is 11.5. The summed E-state index contributed by atoms with van der Waals surface area (Å²) < 4.78 is 0. The standard InChI is InChI=1S/C17H13NO4/c19-9-10-1-4-12(5-2-10)15(20)8-11-3-6-13-14(7-11)17(22)18-16(13)21/h1-7,19H,8-9H2,(H,18,21,22). The van der Waals surface area contributed by atoms with Crippen LogP contribution in [0.25, 0.3) is 0 Å². The normalized spacial score (nSPS) is 13.0. The molecule has 0 radical (unpaired) electrons. The number of benzene rings is 2. The number of carbonyl (C=O) groups excluding carboxylic acids is 3. The zero-order valence-corrected chi connectivity index (χ0v) is 11.6. The predicted molar refractivity (Wildman–Crippen MR) is 78.6 cm³/mol. The molecule has 2 aromatic rings. The van der Waals surface area contributed by atoms with E-state index in [9.17, 15) is 14.4 Å². The smallest absolute Gasteiger partial charge is 0.258 e. The second-order valence-electron chi connectivity index (χ2n) is 5.12. The van der Waals surface area contributed by atoms with Crippen LogP contribution in [0.2, 0.25) is 0 Å². The lowest BCUT2D eigenvalue weighted by Crippen LogP contribution is -2.19. The van der Waals surface area contributed by atoms with Crippen LogP contribution in [0.15, 0.2) is 42.5 Å². The Kier molecular flexibility index (Phi) is 3.56. The average molecular weight is 295 g/mol. The average Bonchev–Trinajstić information content (AvgIpc) is 2.81. The lowest BCUT2D eigenvalue weighted by atomic mass is 9.99. The first-order chi connectivity index (χ1) is 10.6. The third kappa shape index (κ3) is 2.54. The van der Waals surface area contributed by atoms with Gasteiger partial charge in [0.05, 0.1) is 17.7 Å². The molecule has 22 heavy (non-hydrogen) atoms. The molecule has 2 N–H and O–H groups in total. The summed E-state index contributed by atoms with van der Waals surface area (Å²) in [6.45, 7) is -0.0670. The highest BCUT2D eigenvalue weighted by Crippen LogP contribution is 2.18. The van der Waals surface area contributed by atoms with E-state index in [-0.39, 0.29) is 18.8 Å². The van der Waals surface area contributed by atoms with E-state index in [1.807, 2.05) is 0 Å². The summed E-state index contributed by atoms with van der Waals surface area (Å²) in [5, 5.41) is 11.2. The number of nitrogens with one attached hydrogen (secondary N) is 1. The summed E-state index contributed by atoms with van der Waals surface area (Å²) in [6.07, 6.45) is 0.146. The first-order valence-electron chi connectivity index (χ1n) is 6.80. The van der Waals surface area contributed by atoms with Crippen LogP contribution < -0.4 is 5.32 Å². The summed E-state index contributed by atoms with van der Waals surface area (Å²) in [7, 11) is 0. The van der Waals surface area contributed by atoms with E-state index in [0.29, 0.717) is 22.3 Å². The maximum atomic E-state index is 12.2. The molecule has 0 aliphatic carbocycles. The van der Waals surface area contributed by atoms with Crippen molar-refractivity contribution in [2.24, 2.45) is 0 Å². The van der Waals surface area contributed by atoms with Crippen LogP contribution in [-0.2, 0) is 13.0 Å². The van der Waals surface area contributed by atoms with Gasteiger partial charge >= 0.3 is 0 Å². The zero-order chi connectivity index (χ0) is 15.7. The number of hydrogen-bond donors (Lipinski definition) is 2. The SMILES string of the molecule is O=C(Cc1ccc2c(c1)C(=O)NC2=O)c1ccc(CO)cc1. The van der Waals surface area contributed by atoms with Crippen LogP contribution in [0.1, 0.15) is 42.2 Å². The number of aliphatic hydroxyl groups is 1. The fourth-order valence-corrected chi connectivity index (χ4v) is 2.41. The molecule has 0 aromatic heterocycles. The van der Waals surface area contributed by atoms with Crippen LogP contribution in [0.3, 0.4) is 0 Å². The van der Waals surface area contributed by atoms with Crippen LogP contribution in [0.5, 0.6) is 0 Å². The van der Waals surface area contributed by atoms with Gasteiger partial charge in [0.25, 0.3) is 11.8 Å². The number of rotatable bonds is 4. The van der Waals surface area contributed by atoms with Crippen molar-refractivity contribution < 1.29 is 19.5 Å². The number of amides is 2. The number of fused-ring (bicyclic) bond motifs is 1. The minimum atomic E-state index is -0.429. The summed E-state index contributed by atoms with van der Waals surface area (Å²) in [5.74, 6) is -0.923. The monoisotopic (exact) mass is 295 g/mol. The van der Waals surface area contributed by atoms with Gasteiger partial charge in [-0.05, 0) is 23.3 Å². The Morgan fingerprint density at radius 2 is 1.55 bits per heavy atom. The number of imide groups is 1. The quantitative estimate of drug-likeness (QED) is 0.661. The Labute approximate surface area is 126 Å². The largest absolute Gasteiger partial charge is 0.392 e. The van der Waals surface area contributed by atoms with Gasteiger partial charge in [0.1, 0.15) is 0 Å². The Bertz CT molecular complexity index is 778. The number of Topliss-reactive ketones (excluding diaryl/α,β-unsaturated/α-hetero) is 1. The molecule has 1 heterocycles. The van der Waals surface area contributed by atoms with Gasteiger partial charge in [0, 0.05) is 12.0 Å². The van der Waals surface area contributed by atoms with Crippen LogP contribution in [-0.4, -0.2) is 22.7 Å². The minimum Gasteiger partial charge on any atom is -0.392 e. The van der Waals surface area contributed by atoms with Gasteiger partial charge in [-0.1, -0.05) is 30.3 Å². The Morgan fingerprint density at radius 1 is 0.909 bits per heavy atom. The Hall–Kier alpha value is -2.79. The molecule has 0 atom stereocenters. The van der Waals surface area contributed by atoms with Gasteiger partial charge in [0.2, 0.25) is 0 Å². The highest BCUT2D eigenvalue weighted by Gasteiger charge is 2.26. The van der Waals surface area contributed by atoms with Crippen molar-refractivity contribution in [3.8, 4) is 0 Å². The predicted octanol–water partition coefficient (Wildman–Crippen LogP) is 1.49. The topological polar surface area (TPSA) is 83.5 Å². The Morgan fingerprint density at radius 3 is 2.23 bits per heavy atom. The van der Waals surface area contributed by atoms with Crippen molar-refractivity contribution in [1.29, 1.82) is 0 Å². The van der Waals surface area contributed by atoms with Gasteiger partial charge < -0.3 is 5.11 Å². The molecule has 0 spiro atoms. The first-order valence-corrected chi connectivity index (χ1v) is 6.80. The van der Waals surface area contributed by atoms with E-state index < -0.39 is 11.8 Å². The molecule has 0 saturated carbocycles. The van der Waals surface area contributed by atoms with Crippen molar-refractivity contribution in [2.45, 2.75) is 13.0 Å². The van der Waals surface area contributed by atoms with Gasteiger partial charge in [-0.3, -0.25) is 19.7 Å². The third-order valence-electron chi connectivity index (χ3n) is 3.62. The molecule has 110 valence electrons. The summed E-state index contributed by atoms with van der Waals surface area (Å²) >= 11 is 0. The summed E-state index contributed by atoms with van der Waals surface area (Å²) in [4.78, 5) is 35.3. The number of ketones is 1. The van der Waals surface area contributed by atoms with Gasteiger partial charge in [0.15, 0.2) is 5.78 Å². The van der Waals surface area contributed by atoms with Crippen molar-refractivity contribution >= 4 is 17.6 Å². The first kappa shape index (κ1) is 14.2. The van der Waals surface area contributed by atoms with E-state index in [1.165, 1.54) is 0 Å². The zero-order valence-electron chi connectivity index (χ0n) is 11.6. The van der Waals surface area contributed by atoms with E-state index in [4.69, 9.17) is 5.11 Å². The third-order valence-corrected chi connectivity index (χ3v) is 3.62. The van der Waals surface area contributed by atoms with Crippen molar-refractivity contribution in [3.05, 3.63) is 70.3 Å². The summed E-state index contributed by atoms with van der Waals surface area (Å²) in [5.41, 5.74) is 2.61. The van der Waals surface area contributed by atoms with Gasteiger partial charge in [-0.25, -0.2) is 0 Å². The van der Waals surface area contributed by atoms with Crippen LogP contribution in [0.4, 0.5) is 0 Å². The maximum Gasteiger partial charge on any atom is 0.258 e. The lowest BCUT2D eigenvalue weighted by Gasteiger charge is -2.04. The highest BCUT2D eigenvalue weighted by molar-refractivity contribution is 6.21. The van der Waals surface area contributed by atoms with Crippen LogP contribution >= 0.6 is 0 Å². The molecule has 5 nitrogen and oxygen atoms in total. The fraction of sp³-hybridized carbons (Fsp3) is 0.118. The van der Waals surface area contributed by atoms with Gasteiger partial charge in [-0.15, -0.1) is 0 Å². The van der Waals surface area contributed by atoms with E-state index >= 15 is 0 Å². The molecule has 0 unspecified atom stereocenters. The molecule has 1 aliphatic rings. The molecule has 0 fully saturated rings. The molecule has 5 heteroatoms. The van der Waals surface area contributed by atoms with Crippen molar-refractivity contribution in [3.63, 3.8) is 0 Å². The van der Waals surface area contributed by atoms with Crippen LogP contribution in [0, 0.1) is 0 Å². The van der Waals surface area contributed by atoms with Crippen molar-refractivity contribution in [1.82, 2.24) is 5.32 Å². The van der Waals surface area contributed by atoms with E-state index in [1.54, 1.807) is 42.5 Å². The number of aliphatic hydroxyl groups excluding tert-OH is 1. The second kappa shape index (κ2) is 5.54. The van der Waals surface area contributed by atoms with E-state index in [2.05, 4.69) is 5.32 Å². The van der Waals surface area contributed by atoms with E-state index in [0.717, 1.165) is 5.56 Å². The van der Waals surface area contributed by atoms with Crippen molar-refractivity contribution in [2.75, 3.05) is 0 Å². The molecular weight excluding hydrogens is 282 g/mol. The Balaban J connectivity index is 1.81. The number of carbonyl (C=O) groups is 3. The highest BCUT2D eigenvalue weighted by atomic mass is 16.3. The molecular formula is C17H13NO4. The minimum absolute atomic E-state index is 0.0670. The molecule has 3 rings (SSSR count). The second-order valence-corrected chi connectivity index (χ2v) is 5.12. The molecule has 0 bridgehead atoms. The molecule has 0 saturated heterocycles. The lowest BCUT2D eigenvalue weighted by molar-refractivity contribution is 0.0878. The maximum absolute atomic E-state index is 12.2.